The van der Waals surface area contributed by atoms with Crippen LogP contribution >= 0.6 is 39.3 Å². The van der Waals surface area contributed by atoms with Crippen LogP contribution in [0.25, 0.3) is 0 Å². The largest absolute Gasteiger partial charge is 0.316 e. The minimum atomic E-state index is 0.775. The number of aromatic nitrogens is 1. The molecule has 1 heterocycles. The summed E-state index contributed by atoms with van der Waals surface area (Å²) in [6, 6.07) is 9.95. The standard InChI is InChI=1S/C13H12BrClN2S/c1-16-8-9-4-5-10(7-12(9)15)18-13-11(14)3-2-6-17-13/h2-7,16H,8H2,1H3. The Kier molecular flexibility index (Phi) is 5.06. The molecule has 0 radical (unpaired) electrons. The molecule has 0 aliphatic carbocycles. The van der Waals surface area contributed by atoms with Gasteiger partial charge in [0.25, 0.3) is 0 Å². The zero-order valence-corrected chi connectivity index (χ0v) is 12.9. The molecule has 0 saturated carbocycles. The molecule has 0 bridgehead atoms. The summed E-state index contributed by atoms with van der Waals surface area (Å²) in [5.41, 5.74) is 1.10. The topological polar surface area (TPSA) is 24.9 Å². The first-order chi connectivity index (χ1) is 8.70. The van der Waals surface area contributed by atoms with Gasteiger partial charge in [-0.2, -0.15) is 0 Å². The normalized spacial score (nSPS) is 10.6. The second-order valence-corrected chi connectivity index (χ2v) is 6.00. The lowest BCUT2D eigenvalue weighted by Crippen LogP contribution is -2.05. The lowest BCUT2D eigenvalue weighted by atomic mass is 10.2. The highest BCUT2D eigenvalue weighted by atomic mass is 79.9. The van der Waals surface area contributed by atoms with Crippen molar-refractivity contribution < 1.29 is 0 Å². The van der Waals surface area contributed by atoms with Crippen molar-refractivity contribution in [1.82, 2.24) is 10.3 Å². The minimum absolute atomic E-state index is 0.775. The summed E-state index contributed by atoms with van der Waals surface area (Å²) in [6.45, 7) is 0.775. The highest BCUT2D eigenvalue weighted by Gasteiger charge is 2.06. The van der Waals surface area contributed by atoms with E-state index in [1.54, 1.807) is 18.0 Å². The van der Waals surface area contributed by atoms with Crippen molar-refractivity contribution >= 4 is 39.3 Å². The van der Waals surface area contributed by atoms with Gasteiger partial charge >= 0.3 is 0 Å². The van der Waals surface area contributed by atoms with Gasteiger partial charge in [0.05, 0.1) is 4.47 Å². The summed E-state index contributed by atoms with van der Waals surface area (Å²) < 4.78 is 0.991. The molecule has 1 N–H and O–H groups in total. The fourth-order valence-electron chi connectivity index (χ4n) is 1.48. The average Bonchev–Trinajstić information content (AvgIpc) is 2.36. The van der Waals surface area contributed by atoms with Gasteiger partial charge in [-0.3, -0.25) is 0 Å². The predicted octanol–water partition coefficient (Wildman–Crippen LogP) is 4.37. The lowest BCUT2D eigenvalue weighted by molar-refractivity contribution is 0.817. The molecule has 5 heteroatoms. The van der Waals surface area contributed by atoms with E-state index in [-0.39, 0.29) is 0 Å². The minimum Gasteiger partial charge on any atom is -0.316 e. The van der Waals surface area contributed by atoms with Crippen LogP contribution in [0.4, 0.5) is 0 Å². The van der Waals surface area contributed by atoms with Crippen molar-refractivity contribution in [2.24, 2.45) is 0 Å². The van der Waals surface area contributed by atoms with Crippen LogP contribution < -0.4 is 5.32 Å². The van der Waals surface area contributed by atoms with Crippen LogP contribution in [-0.2, 0) is 6.54 Å². The number of benzene rings is 1. The van der Waals surface area contributed by atoms with Gasteiger partial charge in [-0.05, 0) is 52.8 Å². The van der Waals surface area contributed by atoms with E-state index in [0.29, 0.717) is 0 Å². The molecule has 0 aliphatic rings. The number of halogens is 2. The third-order valence-electron chi connectivity index (χ3n) is 2.33. The third-order valence-corrected chi connectivity index (χ3v) is 4.59. The highest BCUT2D eigenvalue weighted by Crippen LogP contribution is 2.33. The van der Waals surface area contributed by atoms with Crippen LogP contribution in [-0.4, -0.2) is 12.0 Å². The maximum Gasteiger partial charge on any atom is 0.115 e. The molecule has 0 saturated heterocycles. The molecule has 18 heavy (non-hydrogen) atoms. The summed E-state index contributed by atoms with van der Waals surface area (Å²) in [5, 5.41) is 4.81. The molecule has 2 rings (SSSR count). The molecule has 1 aromatic carbocycles. The van der Waals surface area contributed by atoms with Gasteiger partial charge in [-0.1, -0.05) is 29.4 Å². The molecule has 94 valence electrons. The van der Waals surface area contributed by atoms with Crippen LogP contribution in [0.15, 0.2) is 50.9 Å². The second kappa shape index (κ2) is 6.57. The Morgan fingerprint density at radius 2 is 2.22 bits per heavy atom. The van der Waals surface area contributed by atoms with Crippen LogP contribution in [0.2, 0.25) is 5.02 Å². The van der Waals surface area contributed by atoms with Crippen molar-refractivity contribution in [1.29, 1.82) is 0 Å². The Morgan fingerprint density at radius 1 is 1.39 bits per heavy atom. The van der Waals surface area contributed by atoms with Gasteiger partial charge < -0.3 is 5.32 Å². The fraction of sp³-hybridized carbons (Fsp3) is 0.154. The Morgan fingerprint density at radius 3 is 2.89 bits per heavy atom. The Hall–Kier alpha value is -0.550. The van der Waals surface area contributed by atoms with E-state index in [0.717, 1.165) is 31.5 Å². The van der Waals surface area contributed by atoms with Crippen molar-refractivity contribution in [3.05, 3.63) is 51.6 Å². The van der Waals surface area contributed by atoms with Gasteiger partial charge in [-0.15, -0.1) is 0 Å². The quantitative estimate of drug-likeness (QED) is 0.892. The van der Waals surface area contributed by atoms with Crippen molar-refractivity contribution in [3.8, 4) is 0 Å². The highest BCUT2D eigenvalue weighted by molar-refractivity contribution is 9.10. The summed E-state index contributed by atoms with van der Waals surface area (Å²) in [7, 11) is 1.91. The Labute approximate surface area is 124 Å². The zero-order chi connectivity index (χ0) is 13.0. The molecule has 0 unspecified atom stereocenters. The number of rotatable bonds is 4. The summed E-state index contributed by atoms with van der Waals surface area (Å²) in [5.74, 6) is 0. The van der Waals surface area contributed by atoms with Gasteiger partial charge in [0.2, 0.25) is 0 Å². The van der Waals surface area contributed by atoms with E-state index in [4.69, 9.17) is 11.6 Å². The molecule has 2 aromatic rings. The molecule has 0 atom stereocenters. The third kappa shape index (κ3) is 3.48. The molecule has 0 spiro atoms. The molecular formula is C13H12BrClN2S. The zero-order valence-electron chi connectivity index (χ0n) is 9.78. The van der Waals surface area contributed by atoms with Crippen LogP contribution in [0.3, 0.4) is 0 Å². The molecule has 1 aromatic heterocycles. The summed E-state index contributed by atoms with van der Waals surface area (Å²) in [6.07, 6.45) is 1.78. The fourth-order valence-corrected chi connectivity index (χ4v) is 3.11. The van der Waals surface area contributed by atoms with E-state index in [1.165, 1.54) is 0 Å². The molecule has 0 aliphatic heterocycles. The summed E-state index contributed by atoms with van der Waals surface area (Å²) in [4.78, 5) is 5.41. The lowest BCUT2D eigenvalue weighted by Gasteiger charge is -2.07. The number of hydrogen-bond donors (Lipinski definition) is 1. The Balaban J connectivity index is 2.20. The average molecular weight is 344 g/mol. The predicted molar refractivity (Wildman–Crippen MR) is 80.3 cm³/mol. The second-order valence-electron chi connectivity index (χ2n) is 3.68. The van der Waals surface area contributed by atoms with Gasteiger partial charge in [0, 0.05) is 22.7 Å². The molecule has 0 fully saturated rings. The van der Waals surface area contributed by atoms with Crippen LogP contribution in [0, 0.1) is 0 Å². The van der Waals surface area contributed by atoms with E-state index >= 15 is 0 Å². The van der Waals surface area contributed by atoms with Crippen molar-refractivity contribution in [2.75, 3.05) is 7.05 Å². The van der Waals surface area contributed by atoms with E-state index in [9.17, 15) is 0 Å². The first kappa shape index (κ1) is 13.9. The Bertz CT molecular complexity index is 548. The number of pyridine rings is 1. The SMILES string of the molecule is CNCc1ccc(Sc2ncccc2Br)cc1Cl. The first-order valence-corrected chi connectivity index (χ1v) is 7.41. The van der Waals surface area contributed by atoms with Gasteiger partial charge in [-0.25, -0.2) is 4.98 Å². The van der Waals surface area contributed by atoms with Crippen molar-refractivity contribution in [2.45, 2.75) is 16.5 Å². The van der Waals surface area contributed by atoms with E-state index in [1.807, 2.05) is 31.3 Å². The molecular weight excluding hydrogens is 332 g/mol. The number of nitrogens with zero attached hydrogens (tertiary/aromatic N) is 1. The van der Waals surface area contributed by atoms with Crippen LogP contribution in [0.1, 0.15) is 5.56 Å². The number of hydrogen-bond acceptors (Lipinski definition) is 3. The monoisotopic (exact) mass is 342 g/mol. The maximum absolute atomic E-state index is 6.23. The molecule has 2 nitrogen and oxygen atoms in total. The summed E-state index contributed by atoms with van der Waals surface area (Å²) >= 11 is 11.3. The van der Waals surface area contributed by atoms with E-state index < -0.39 is 0 Å². The van der Waals surface area contributed by atoms with Gasteiger partial charge in [0.1, 0.15) is 5.03 Å². The maximum atomic E-state index is 6.23. The van der Waals surface area contributed by atoms with Crippen molar-refractivity contribution in [3.63, 3.8) is 0 Å². The van der Waals surface area contributed by atoms with Crippen LogP contribution in [0.5, 0.6) is 0 Å². The molecule has 0 amide bonds. The van der Waals surface area contributed by atoms with Gasteiger partial charge in [0.15, 0.2) is 0 Å². The smallest absolute Gasteiger partial charge is 0.115 e. The number of nitrogens with one attached hydrogen (secondary N) is 1. The van der Waals surface area contributed by atoms with E-state index in [2.05, 4.69) is 32.3 Å². The first-order valence-electron chi connectivity index (χ1n) is 5.42.